The van der Waals surface area contributed by atoms with Crippen LogP contribution in [0.3, 0.4) is 0 Å². The number of aliphatic hydroxyl groups is 1. The lowest BCUT2D eigenvalue weighted by Gasteiger charge is -2.15. The highest BCUT2D eigenvalue weighted by molar-refractivity contribution is 9.10. The van der Waals surface area contributed by atoms with Crippen molar-refractivity contribution >= 4 is 43.5 Å². The van der Waals surface area contributed by atoms with Crippen LogP contribution in [-0.2, 0) is 0 Å². The lowest BCUT2D eigenvalue weighted by atomic mass is 10.1. The second-order valence-electron chi connectivity index (χ2n) is 3.55. The molecule has 2 rings (SSSR count). The summed E-state index contributed by atoms with van der Waals surface area (Å²) in [6.07, 6.45) is -0.943. The van der Waals surface area contributed by atoms with E-state index in [1.165, 1.54) is 7.11 Å². The Labute approximate surface area is 126 Å². The maximum absolute atomic E-state index is 10.3. The smallest absolute Gasteiger partial charge is 0.169 e. The Hall–Kier alpha value is -0.490. The Kier molecular flexibility index (Phi) is 4.37. The number of furan rings is 1. The van der Waals surface area contributed by atoms with Gasteiger partial charge in [0.25, 0.3) is 0 Å². The first kappa shape index (κ1) is 13.9. The van der Waals surface area contributed by atoms with E-state index in [1.807, 2.05) is 0 Å². The lowest BCUT2D eigenvalue weighted by Crippen LogP contribution is -2.02. The zero-order valence-electron chi connectivity index (χ0n) is 9.28. The van der Waals surface area contributed by atoms with Gasteiger partial charge in [0.15, 0.2) is 4.67 Å². The van der Waals surface area contributed by atoms with Gasteiger partial charge in [-0.15, -0.1) is 0 Å². The van der Waals surface area contributed by atoms with E-state index in [0.717, 1.165) is 0 Å². The van der Waals surface area contributed by atoms with Crippen LogP contribution in [0.15, 0.2) is 37.8 Å². The zero-order valence-corrected chi connectivity index (χ0v) is 13.2. The van der Waals surface area contributed by atoms with Crippen molar-refractivity contribution < 1.29 is 14.3 Å². The van der Waals surface area contributed by atoms with Gasteiger partial charge in [0.2, 0.25) is 0 Å². The molecule has 0 saturated heterocycles. The monoisotopic (exact) mass is 394 g/mol. The Morgan fingerprint density at radius 3 is 2.61 bits per heavy atom. The van der Waals surface area contributed by atoms with Crippen LogP contribution < -0.4 is 4.74 Å². The predicted molar refractivity (Wildman–Crippen MR) is 76.2 cm³/mol. The third-order valence-electron chi connectivity index (χ3n) is 2.40. The van der Waals surface area contributed by atoms with Crippen LogP contribution in [0.2, 0.25) is 5.02 Å². The van der Waals surface area contributed by atoms with E-state index in [4.69, 9.17) is 20.8 Å². The van der Waals surface area contributed by atoms with Crippen LogP contribution in [0.25, 0.3) is 0 Å². The van der Waals surface area contributed by atoms with Crippen molar-refractivity contribution in [1.29, 1.82) is 0 Å². The van der Waals surface area contributed by atoms with Crippen LogP contribution in [0.5, 0.6) is 5.75 Å². The van der Waals surface area contributed by atoms with E-state index in [-0.39, 0.29) is 0 Å². The van der Waals surface area contributed by atoms with Crippen LogP contribution in [0, 0.1) is 0 Å². The normalized spacial score (nSPS) is 12.5. The highest BCUT2D eigenvalue weighted by Gasteiger charge is 2.21. The molecule has 0 bridgehead atoms. The van der Waals surface area contributed by atoms with Crippen LogP contribution in [0.1, 0.15) is 17.4 Å². The minimum Gasteiger partial charge on any atom is -0.495 e. The zero-order chi connectivity index (χ0) is 13.3. The van der Waals surface area contributed by atoms with Gasteiger partial charge < -0.3 is 14.3 Å². The van der Waals surface area contributed by atoms with E-state index >= 15 is 0 Å². The molecule has 0 spiro atoms. The molecule has 0 fully saturated rings. The quantitative estimate of drug-likeness (QED) is 0.828. The van der Waals surface area contributed by atoms with Crippen molar-refractivity contribution in [2.75, 3.05) is 7.11 Å². The molecule has 1 atom stereocenters. The Bertz CT molecular complexity index is 568. The second-order valence-corrected chi connectivity index (χ2v) is 5.63. The molecule has 0 aliphatic carbocycles. The molecule has 0 radical (unpaired) electrons. The number of halogens is 3. The largest absolute Gasteiger partial charge is 0.495 e. The fourth-order valence-corrected chi connectivity index (χ4v) is 2.94. The number of aliphatic hydroxyl groups excluding tert-OH is 1. The van der Waals surface area contributed by atoms with Gasteiger partial charge in [0.05, 0.1) is 11.6 Å². The van der Waals surface area contributed by atoms with Gasteiger partial charge in [-0.25, -0.2) is 0 Å². The molecule has 1 N–H and O–H groups in total. The average molecular weight is 396 g/mol. The minimum atomic E-state index is -0.943. The first-order chi connectivity index (χ1) is 8.52. The molecule has 1 aromatic heterocycles. The summed E-state index contributed by atoms with van der Waals surface area (Å²) in [5.41, 5.74) is 0.540. The summed E-state index contributed by atoms with van der Waals surface area (Å²) in [5.74, 6) is 0.939. The molecule has 0 saturated carbocycles. The third-order valence-corrected chi connectivity index (χ3v) is 3.63. The van der Waals surface area contributed by atoms with Crippen molar-refractivity contribution in [1.82, 2.24) is 0 Å². The van der Waals surface area contributed by atoms with Gasteiger partial charge in [-0.05, 0) is 56.1 Å². The van der Waals surface area contributed by atoms with Gasteiger partial charge in [-0.1, -0.05) is 11.6 Å². The molecule has 96 valence electrons. The van der Waals surface area contributed by atoms with Crippen LogP contribution >= 0.6 is 43.5 Å². The summed E-state index contributed by atoms with van der Waals surface area (Å²) in [5, 5.41) is 10.8. The minimum absolute atomic E-state index is 0.411. The molecule has 18 heavy (non-hydrogen) atoms. The van der Waals surface area contributed by atoms with E-state index in [9.17, 15) is 5.11 Å². The number of hydrogen-bond donors (Lipinski definition) is 1. The summed E-state index contributed by atoms with van der Waals surface area (Å²) in [7, 11) is 1.53. The first-order valence-electron chi connectivity index (χ1n) is 4.99. The molecule has 6 heteroatoms. The average Bonchev–Trinajstić information content (AvgIpc) is 2.74. The highest BCUT2D eigenvalue weighted by Crippen LogP contribution is 2.38. The maximum atomic E-state index is 10.3. The van der Waals surface area contributed by atoms with Gasteiger partial charge in [-0.2, -0.15) is 0 Å². The number of ether oxygens (including phenoxy) is 1. The molecular formula is C12H9Br2ClO3. The summed E-state index contributed by atoms with van der Waals surface area (Å²) < 4.78 is 11.8. The Morgan fingerprint density at radius 2 is 2.06 bits per heavy atom. The number of hydrogen-bond acceptors (Lipinski definition) is 3. The number of benzene rings is 1. The SMILES string of the molecule is COc1c(Br)cc(Cl)cc1C(O)c1ccc(Br)o1. The second kappa shape index (κ2) is 5.65. The fraction of sp³-hybridized carbons (Fsp3) is 0.167. The first-order valence-corrected chi connectivity index (χ1v) is 6.95. The van der Waals surface area contributed by atoms with Crippen molar-refractivity contribution in [2.45, 2.75) is 6.10 Å². The molecular weight excluding hydrogens is 387 g/mol. The van der Waals surface area contributed by atoms with Crippen molar-refractivity contribution in [3.63, 3.8) is 0 Å². The molecule has 3 nitrogen and oxygen atoms in total. The fourth-order valence-electron chi connectivity index (χ4n) is 1.63. The maximum Gasteiger partial charge on any atom is 0.169 e. The van der Waals surface area contributed by atoms with E-state index < -0.39 is 6.10 Å². The molecule has 2 aromatic rings. The number of methoxy groups -OCH3 is 1. The summed E-state index contributed by atoms with van der Waals surface area (Å²) >= 11 is 12.5. The summed E-state index contributed by atoms with van der Waals surface area (Å²) in [4.78, 5) is 0. The standard InChI is InChI=1S/C12H9Br2ClO3/c1-17-12-7(4-6(15)5-8(12)13)11(16)9-2-3-10(14)18-9/h2-5,11,16H,1H3. The van der Waals surface area contributed by atoms with Gasteiger partial charge in [0.1, 0.15) is 17.6 Å². The molecule has 1 heterocycles. The summed E-state index contributed by atoms with van der Waals surface area (Å²) in [6, 6.07) is 6.74. The van der Waals surface area contributed by atoms with Gasteiger partial charge in [0, 0.05) is 10.6 Å². The van der Waals surface area contributed by atoms with Crippen LogP contribution in [-0.4, -0.2) is 12.2 Å². The molecule has 0 amide bonds. The van der Waals surface area contributed by atoms with E-state index in [0.29, 0.717) is 31.2 Å². The van der Waals surface area contributed by atoms with Crippen molar-refractivity contribution in [3.8, 4) is 5.75 Å². The predicted octanol–water partition coefficient (Wildman–Crippen LogP) is 4.55. The molecule has 0 aliphatic heterocycles. The highest BCUT2D eigenvalue weighted by atomic mass is 79.9. The number of rotatable bonds is 3. The van der Waals surface area contributed by atoms with Crippen LogP contribution in [0.4, 0.5) is 0 Å². The van der Waals surface area contributed by atoms with E-state index in [1.54, 1.807) is 24.3 Å². The van der Waals surface area contributed by atoms with E-state index in [2.05, 4.69) is 31.9 Å². The van der Waals surface area contributed by atoms with Gasteiger partial charge in [-0.3, -0.25) is 0 Å². The lowest BCUT2D eigenvalue weighted by molar-refractivity contribution is 0.183. The van der Waals surface area contributed by atoms with Gasteiger partial charge >= 0.3 is 0 Å². The Morgan fingerprint density at radius 1 is 1.33 bits per heavy atom. The summed E-state index contributed by atoms with van der Waals surface area (Å²) in [6.45, 7) is 0. The van der Waals surface area contributed by atoms with Crippen molar-refractivity contribution in [2.24, 2.45) is 0 Å². The third kappa shape index (κ3) is 2.74. The van der Waals surface area contributed by atoms with Crippen molar-refractivity contribution in [3.05, 3.63) is 49.8 Å². The Balaban J connectivity index is 2.49. The molecule has 0 aliphatic rings. The molecule has 1 aromatic carbocycles. The topological polar surface area (TPSA) is 42.6 Å². The molecule has 1 unspecified atom stereocenters.